The van der Waals surface area contributed by atoms with Crippen molar-refractivity contribution in [2.75, 3.05) is 0 Å². The summed E-state index contributed by atoms with van der Waals surface area (Å²) in [7, 11) is 0. The summed E-state index contributed by atoms with van der Waals surface area (Å²) in [5, 5.41) is 1.17. The van der Waals surface area contributed by atoms with Gasteiger partial charge in [-0.15, -0.1) is 12.6 Å². The molecule has 1 aromatic rings. The average Bonchev–Trinajstić information content (AvgIpc) is 1.93. The number of halogens is 2. The molecular formula is C7H6Cl2S. The highest BCUT2D eigenvalue weighted by Crippen LogP contribution is 2.29. The lowest BCUT2D eigenvalue weighted by Gasteiger charge is -2.01. The van der Waals surface area contributed by atoms with E-state index in [-0.39, 0.29) is 0 Å². The smallest absolute Gasteiger partial charge is 0.0632 e. The van der Waals surface area contributed by atoms with Crippen molar-refractivity contribution in [3.8, 4) is 0 Å². The fourth-order valence-electron chi connectivity index (χ4n) is 0.642. The molecule has 54 valence electrons. The third kappa shape index (κ3) is 1.42. The Labute approximate surface area is 75.6 Å². The van der Waals surface area contributed by atoms with Gasteiger partial charge in [-0.3, -0.25) is 0 Å². The highest BCUT2D eigenvalue weighted by Gasteiger charge is 2.02. The van der Waals surface area contributed by atoms with Crippen LogP contribution in [0.1, 0.15) is 5.56 Å². The van der Waals surface area contributed by atoms with Crippen LogP contribution in [-0.4, -0.2) is 0 Å². The van der Waals surface area contributed by atoms with Crippen LogP contribution in [0.2, 0.25) is 10.0 Å². The minimum Gasteiger partial charge on any atom is -0.143 e. The number of rotatable bonds is 0. The maximum Gasteiger partial charge on any atom is 0.0632 e. The highest BCUT2D eigenvalue weighted by atomic mass is 35.5. The predicted molar refractivity (Wildman–Crippen MR) is 48.5 cm³/mol. The first-order valence-corrected chi connectivity index (χ1v) is 3.97. The molecule has 0 unspecified atom stereocenters. The van der Waals surface area contributed by atoms with Gasteiger partial charge in [0, 0.05) is 4.90 Å². The zero-order chi connectivity index (χ0) is 7.72. The standard InChI is InChI=1S/C7H6Cl2S/c1-4-6(10)3-2-5(8)7(4)9/h2-3,10H,1H3. The molecule has 0 heterocycles. The van der Waals surface area contributed by atoms with E-state index >= 15 is 0 Å². The number of hydrogen-bond donors (Lipinski definition) is 1. The molecule has 1 rings (SSSR count). The summed E-state index contributed by atoms with van der Waals surface area (Å²) in [6.07, 6.45) is 0. The third-order valence-electron chi connectivity index (χ3n) is 1.31. The Hall–Kier alpha value is 0.150. The Morgan fingerprint density at radius 2 is 1.90 bits per heavy atom. The maximum atomic E-state index is 5.80. The van der Waals surface area contributed by atoms with Gasteiger partial charge in [-0.1, -0.05) is 23.2 Å². The van der Waals surface area contributed by atoms with Crippen LogP contribution in [-0.2, 0) is 0 Å². The van der Waals surface area contributed by atoms with Crippen molar-refractivity contribution >= 4 is 35.8 Å². The molecule has 0 saturated heterocycles. The first kappa shape index (κ1) is 8.25. The molecule has 0 aliphatic rings. The van der Waals surface area contributed by atoms with Crippen molar-refractivity contribution in [2.45, 2.75) is 11.8 Å². The van der Waals surface area contributed by atoms with Gasteiger partial charge >= 0.3 is 0 Å². The van der Waals surface area contributed by atoms with Gasteiger partial charge in [0.2, 0.25) is 0 Å². The van der Waals surface area contributed by atoms with Crippen molar-refractivity contribution < 1.29 is 0 Å². The van der Waals surface area contributed by atoms with Gasteiger partial charge in [0.05, 0.1) is 10.0 Å². The molecule has 0 amide bonds. The number of hydrogen-bond acceptors (Lipinski definition) is 1. The summed E-state index contributed by atoms with van der Waals surface area (Å²) in [4.78, 5) is 0.870. The van der Waals surface area contributed by atoms with E-state index < -0.39 is 0 Å². The SMILES string of the molecule is Cc1c(S)ccc(Cl)c1Cl. The Balaban J connectivity index is 3.34. The monoisotopic (exact) mass is 192 g/mol. The summed E-state index contributed by atoms with van der Waals surface area (Å²) in [5.74, 6) is 0. The van der Waals surface area contributed by atoms with Crippen LogP contribution in [0.15, 0.2) is 17.0 Å². The molecule has 0 N–H and O–H groups in total. The largest absolute Gasteiger partial charge is 0.143 e. The van der Waals surface area contributed by atoms with E-state index in [0.29, 0.717) is 10.0 Å². The van der Waals surface area contributed by atoms with Gasteiger partial charge in [0.1, 0.15) is 0 Å². The highest BCUT2D eigenvalue weighted by molar-refractivity contribution is 7.80. The lowest BCUT2D eigenvalue weighted by Crippen LogP contribution is -1.78. The molecule has 0 bridgehead atoms. The van der Waals surface area contributed by atoms with Crippen LogP contribution in [0, 0.1) is 6.92 Å². The maximum absolute atomic E-state index is 5.80. The van der Waals surface area contributed by atoms with Crippen LogP contribution in [0.3, 0.4) is 0 Å². The molecule has 10 heavy (non-hydrogen) atoms. The topological polar surface area (TPSA) is 0 Å². The van der Waals surface area contributed by atoms with E-state index in [1.165, 1.54) is 0 Å². The molecule has 0 atom stereocenters. The van der Waals surface area contributed by atoms with Crippen molar-refractivity contribution in [3.05, 3.63) is 27.7 Å². The van der Waals surface area contributed by atoms with Gasteiger partial charge in [-0.2, -0.15) is 0 Å². The fourth-order valence-corrected chi connectivity index (χ4v) is 1.26. The van der Waals surface area contributed by atoms with E-state index in [1.54, 1.807) is 6.07 Å². The molecule has 0 radical (unpaired) electrons. The third-order valence-corrected chi connectivity index (χ3v) is 2.69. The molecule has 0 aliphatic heterocycles. The van der Waals surface area contributed by atoms with Crippen LogP contribution < -0.4 is 0 Å². The van der Waals surface area contributed by atoms with Gasteiger partial charge in [-0.25, -0.2) is 0 Å². The van der Waals surface area contributed by atoms with Crippen LogP contribution in [0.25, 0.3) is 0 Å². The zero-order valence-electron chi connectivity index (χ0n) is 5.36. The summed E-state index contributed by atoms with van der Waals surface area (Å²) in [6, 6.07) is 3.56. The van der Waals surface area contributed by atoms with Gasteiger partial charge in [0.25, 0.3) is 0 Å². The molecule has 0 fully saturated rings. The average molecular weight is 193 g/mol. The van der Waals surface area contributed by atoms with Gasteiger partial charge in [-0.05, 0) is 24.6 Å². The summed E-state index contributed by atoms with van der Waals surface area (Å²) in [6.45, 7) is 1.89. The molecule has 0 aliphatic carbocycles. The lowest BCUT2D eigenvalue weighted by molar-refractivity contribution is 1.31. The van der Waals surface area contributed by atoms with E-state index in [1.807, 2.05) is 13.0 Å². The fraction of sp³-hybridized carbons (Fsp3) is 0.143. The summed E-state index contributed by atoms with van der Waals surface area (Å²) < 4.78 is 0. The van der Waals surface area contributed by atoms with Crippen molar-refractivity contribution in [2.24, 2.45) is 0 Å². The molecular weight excluding hydrogens is 187 g/mol. The Kier molecular flexibility index (Phi) is 2.50. The minimum absolute atomic E-state index is 0.581. The van der Waals surface area contributed by atoms with Crippen molar-refractivity contribution in [3.63, 3.8) is 0 Å². The molecule has 0 saturated carbocycles. The lowest BCUT2D eigenvalue weighted by atomic mass is 10.2. The van der Waals surface area contributed by atoms with Crippen LogP contribution >= 0.6 is 35.8 Å². The Morgan fingerprint density at radius 3 is 2.40 bits per heavy atom. The molecule has 0 nitrogen and oxygen atoms in total. The molecule has 3 heteroatoms. The first-order chi connectivity index (χ1) is 4.63. The quantitative estimate of drug-likeness (QED) is 0.598. The van der Waals surface area contributed by atoms with Gasteiger partial charge in [0.15, 0.2) is 0 Å². The summed E-state index contributed by atoms with van der Waals surface area (Å²) in [5.41, 5.74) is 0.928. The summed E-state index contributed by atoms with van der Waals surface area (Å²) >= 11 is 15.7. The van der Waals surface area contributed by atoms with E-state index in [4.69, 9.17) is 23.2 Å². The van der Waals surface area contributed by atoms with E-state index in [2.05, 4.69) is 12.6 Å². The van der Waals surface area contributed by atoms with Crippen LogP contribution in [0.5, 0.6) is 0 Å². The van der Waals surface area contributed by atoms with E-state index in [0.717, 1.165) is 10.5 Å². The Morgan fingerprint density at radius 1 is 1.30 bits per heavy atom. The number of thiol groups is 1. The van der Waals surface area contributed by atoms with Gasteiger partial charge < -0.3 is 0 Å². The normalized spacial score (nSPS) is 10.0. The second kappa shape index (κ2) is 3.04. The van der Waals surface area contributed by atoms with Crippen molar-refractivity contribution in [1.82, 2.24) is 0 Å². The minimum atomic E-state index is 0.581. The second-order valence-electron chi connectivity index (χ2n) is 2.01. The predicted octanol–water partition coefficient (Wildman–Crippen LogP) is 3.59. The first-order valence-electron chi connectivity index (χ1n) is 2.76. The zero-order valence-corrected chi connectivity index (χ0v) is 7.76. The second-order valence-corrected chi connectivity index (χ2v) is 3.27. The molecule has 0 aromatic heterocycles. The van der Waals surface area contributed by atoms with Crippen molar-refractivity contribution in [1.29, 1.82) is 0 Å². The number of benzene rings is 1. The van der Waals surface area contributed by atoms with E-state index in [9.17, 15) is 0 Å². The van der Waals surface area contributed by atoms with Crippen LogP contribution in [0.4, 0.5) is 0 Å². The Bertz CT molecular complexity index is 231. The molecule has 0 spiro atoms. The molecule has 1 aromatic carbocycles.